The van der Waals surface area contributed by atoms with Crippen LogP contribution in [0.25, 0.3) is 10.2 Å². The fourth-order valence-electron chi connectivity index (χ4n) is 2.88. The summed E-state index contributed by atoms with van der Waals surface area (Å²) in [6.07, 6.45) is 2.29. The lowest BCUT2D eigenvalue weighted by molar-refractivity contribution is 0.145. The molecule has 0 aliphatic carbocycles. The minimum atomic E-state index is 0.386. The summed E-state index contributed by atoms with van der Waals surface area (Å²) in [5.41, 5.74) is 7.29. The average molecular weight is 275 g/mol. The number of likely N-dealkylation sites (tertiary alicyclic amines) is 1. The second-order valence-corrected chi connectivity index (χ2v) is 6.55. The van der Waals surface area contributed by atoms with Crippen LogP contribution in [-0.2, 0) is 6.54 Å². The van der Waals surface area contributed by atoms with Crippen molar-refractivity contribution in [2.45, 2.75) is 32.4 Å². The summed E-state index contributed by atoms with van der Waals surface area (Å²) in [7, 11) is 0. The lowest BCUT2D eigenvalue weighted by Gasteiger charge is -2.36. The first-order valence-electron chi connectivity index (χ1n) is 7.08. The standard InChI is InChI=1S/C15H21N3S/c1-2-11-9-18(8-7-12(11)16)10-15-17-13-5-3-4-6-14(13)19-15/h3-6,11-12H,2,7-10,16H2,1H3. The first kappa shape index (κ1) is 13.0. The predicted molar refractivity (Wildman–Crippen MR) is 81.3 cm³/mol. The smallest absolute Gasteiger partial charge is 0.108 e. The molecule has 0 amide bonds. The molecule has 0 radical (unpaired) electrons. The van der Waals surface area contributed by atoms with Crippen molar-refractivity contribution in [3.8, 4) is 0 Å². The summed E-state index contributed by atoms with van der Waals surface area (Å²) >= 11 is 1.82. The summed E-state index contributed by atoms with van der Waals surface area (Å²) in [5, 5.41) is 1.23. The van der Waals surface area contributed by atoms with Crippen molar-refractivity contribution >= 4 is 21.6 Å². The number of hydrogen-bond acceptors (Lipinski definition) is 4. The maximum atomic E-state index is 6.17. The van der Waals surface area contributed by atoms with Gasteiger partial charge >= 0.3 is 0 Å². The van der Waals surface area contributed by atoms with E-state index in [0.29, 0.717) is 12.0 Å². The Kier molecular flexibility index (Phi) is 3.82. The molecule has 1 aliphatic heterocycles. The fourth-order valence-corrected chi connectivity index (χ4v) is 3.89. The Bertz CT molecular complexity index is 518. The van der Waals surface area contributed by atoms with Gasteiger partial charge in [0.15, 0.2) is 0 Å². The maximum Gasteiger partial charge on any atom is 0.108 e. The molecule has 0 bridgehead atoms. The maximum absolute atomic E-state index is 6.17. The first-order valence-corrected chi connectivity index (χ1v) is 7.90. The molecule has 2 heterocycles. The lowest BCUT2D eigenvalue weighted by atomic mass is 9.91. The Morgan fingerprint density at radius 3 is 3.05 bits per heavy atom. The number of para-hydroxylation sites is 1. The van der Waals surface area contributed by atoms with Gasteiger partial charge in [-0.3, -0.25) is 4.90 Å². The van der Waals surface area contributed by atoms with E-state index in [-0.39, 0.29) is 0 Å². The summed E-state index contributed by atoms with van der Waals surface area (Å²) in [6.45, 7) is 5.44. The largest absolute Gasteiger partial charge is 0.327 e. The molecule has 3 nitrogen and oxygen atoms in total. The van der Waals surface area contributed by atoms with Crippen LogP contribution in [0.15, 0.2) is 24.3 Å². The number of nitrogens with two attached hydrogens (primary N) is 1. The van der Waals surface area contributed by atoms with Gasteiger partial charge in [0, 0.05) is 19.1 Å². The molecule has 2 unspecified atom stereocenters. The van der Waals surface area contributed by atoms with Gasteiger partial charge in [-0.1, -0.05) is 25.5 Å². The third-order valence-corrected chi connectivity index (χ3v) is 5.12. The van der Waals surface area contributed by atoms with Gasteiger partial charge in [-0.15, -0.1) is 11.3 Å². The Morgan fingerprint density at radius 1 is 1.42 bits per heavy atom. The molecule has 1 fully saturated rings. The second kappa shape index (κ2) is 5.57. The number of rotatable bonds is 3. The quantitative estimate of drug-likeness (QED) is 0.936. The number of piperidine rings is 1. The molecule has 19 heavy (non-hydrogen) atoms. The zero-order chi connectivity index (χ0) is 13.2. The topological polar surface area (TPSA) is 42.2 Å². The molecule has 0 saturated carbocycles. The molecule has 102 valence electrons. The highest BCUT2D eigenvalue weighted by Crippen LogP contribution is 2.25. The van der Waals surface area contributed by atoms with Crippen molar-refractivity contribution in [1.29, 1.82) is 0 Å². The molecule has 2 atom stereocenters. The Morgan fingerprint density at radius 2 is 2.26 bits per heavy atom. The highest BCUT2D eigenvalue weighted by atomic mass is 32.1. The summed E-state index contributed by atoms with van der Waals surface area (Å²) in [5.74, 6) is 0.642. The highest BCUT2D eigenvalue weighted by Gasteiger charge is 2.25. The van der Waals surface area contributed by atoms with E-state index in [0.717, 1.165) is 31.6 Å². The van der Waals surface area contributed by atoms with E-state index in [1.807, 2.05) is 11.3 Å². The van der Waals surface area contributed by atoms with E-state index < -0.39 is 0 Å². The van der Waals surface area contributed by atoms with Crippen LogP contribution in [0, 0.1) is 5.92 Å². The molecule has 0 spiro atoms. The molecular weight excluding hydrogens is 254 g/mol. The number of hydrogen-bond donors (Lipinski definition) is 1. The summed E-state index contributed by atoms with van der Waals surface area (Å²) < 4.78 is 1.29. The van der Waals surface area contributed by atoms with E-state index in [1.54, 1.807) is 0 Å². The van der Waals surface area contributed by atoms with E-state index in [2.05, 4.69) is 36.1 Å². The van der Waals surface area contributed by atoms with Crippen LogP contribution in [-0.4, -0.2) is 29.0 Å². The van der Waals surface area contributed by atoms with Crippen LogP contribution >= 0.6 is 11.3 Å². The number of benzene rings is 1. The number of nitrogens with zero attached hydrogens (tertiary/aromatic N) is 2. The lowest BCUT2D eigenvalue weighted by Crippen LogP contribution is -2.46. The van der Waals surface area contributed by atoms with Crippen molar-refractivity contribution in [2.24, 2.45) is 11.7 Å². The average Bonchev–Trinajstić information content (AvgIpc) is 2.83. The minimum Gasteiger partial charge on any atom is -0.327 e. The molecule has 1 aromatic carbocycles. The Labute approximate surface area is 118 Å². The van der Waals surface area contributed by atoms with Gasteiger partial charge in [0.05, 0.1) is 16.8 Å². The van der Waals surface area contributed by atoms with E-state index in [9.17, 15) is 0 Å². The predicted octanol–water partition coefficient (Wildman–Crippen LogP) is 2.86. The van der Waals surface area contributed by atoms with Gasteiger partial charge in [-0.25, -0.2) is 4.98 Å². The van der Waals surface area contributed by atoms with Crippen LogP contribution in [0.1, 0.15) is 24.8 Å². The molecule has 2 N–H and O–H groups in total. The summed E-state index contributed by atoms with van der Waals surface area (Å²) in [4.78, 5) is 7.23. The van der Waals surface area contributed by atoms with Crippen molar-refractivity contribution in [3.05, 3.63) is 29.3 Å². The van der Waals surface area contributed by atoms with Gasteiger partial charge < -0.3 is 5.73 Å². The molecule has 2 aromatic rings. The van der Waals surface area contributed by atoms with Crippen LogP contribution in [0.5, 0.6) is 0 Å². The second-order valence-electron chi connectivity index (χ2n) is 5.43. The van der Waals surface area contributed by atoms with Crippen LogP contribution < -0.4 is 5.73 Å². The van der Waals surface area contributed by atoms with Crippen molar-refractivity contribution in [1.82, 2.24) is 9.88 Å². The zero-order valence-corrected chi connectivity index (χ0v) is 12.2. The number of thiazole rings is 1. The normalized spacial score (nSPS) is 24.9. The SMILES string of the molecule is CCC1CN(Cc2nc3ccccc3s2)CCC1N. The molecule has 1 aliphatic rings. The van der Waals surface area contributed by atoms with Gasteiger partial charge in [-0.2, -0.15) is 0 Å². The Balaban J connectivity index is 1.71. The van der Waals surface area contributed by atoms with Crippen LogP contribution in [0.4, 0.5) is 0 Å². The van der Waals surface area contributed by atoms with Crippen molar-refractivity contribution in [2.75, 3.05) is 13.1 Å². The Hall–Kier alpha value is -0.970. The first-order chi connectivity index (χ1) is 9.26. The van der Waals surface area contributed by atoms with Gasteiger partial charge in [-0.05, 0) is 24.5 Å². The molecule has 1 saturated heterocycles. The minimum absolute atomic E-state index is 0.386. The van der Waals surface area contributed by atoms with E-state index >= 15 is 0 Å². The third-order valence-electron chi connectivity index (χ3n) is 4.10. The third kappa shape index (κ3) is 2.81. The van der Waals surface area contributed by atoms with Crippen LogP contribution in [0.3, 0.4) is 0 Å². The monoisotopic (exact) mass is 275 g/mol. The number of fused-ring (bicyclic) bond motifs is 1. The van der Waals surface area contributed by atoms with Crippen LogP contribution in [0.2, 0.25) is 0 Å². The highest BCUT2D eigenvalue weighted by molar-refractivity contribution is 7.18. The molecular formula is C15H21N3S. The molecule has 4 heteroatoms. The molecule has 3 rings (SSSR count). The van der Waals surface area contributed by atoms with Crippen molar-refractivity contribution in [3.63, 3.8) is 0 Å². The van der Waals surface area contributed by atoms with Crippen molar-refractivity contribution < 1.29 is 0 Å². The van der Waals surface area contributed by atoms with Gasteiger partial charge in [0.2, 0.25) is 0 Å². The number of aromatic nitrogens is 1. The van der Waals surface area contributed by atoms with E-state index in [1.165, 1.54) is 16.1 Å². The fraction of sp³-hybridized carbons (Fsp3) is 0.533. The van der Waals surface area contributed by atoms with Gasteiger partial charge in [0.1, 0.15) is 5.01 Å². The van der Waals surface area contributed by atoms with Gasteiger partial charge in [0.25, 0.3) is 0 Å². The molecule has 1 aromatic heterocycles. The zero-order valence-electron chi connectivity index (χ0n) is 11.4. The summed E-state index contributed by atoms with van der Waals surface area (Å²) in [6, 6.07) is 8.76. The van der Waals surface area contributed by atoms with E-state index in [4.69, 9.17) is 10.7 Å².